The van der Waals surface area contributed by atoms with Gasteiger partial charge in [-0.3, -0.25) is 0 Å². The van der Waals surface area contributed by atoms with E-state index in [2.05, 4.69) is 9.88 Å². The van der Waals surface area contributed by atoms with Crippen molar-refractivity contribution >= 4 is 16.5 Å². The third-order valence-electron chi connectivity index (χ3n) is 3.21. The number of ether oxygens (including phenoxy) is 1. The molecule has 1 N–H and O–H groups in total. The number of aromatic nitrogens is 1. The lowest BCUT2D eigenvalue weighted by molar-refractivity contribution is 0.139. The Morgan fingerprint density at radius 3 is 2.82 bits per heavy atom. The van der Waals surface area contributed by atoms with Crippen molar-refractivity contribution in [3.8, 4) is 0 Å². The maximum absolute atomic E-state index is 9.48. The molecule has 0 aromatic carbocycles. The molecule has 17 heavy (non-hydrogen) atoms. The lowest BCUT2D eigenvalue weighted by Gasteiger charge is -2.31. The normalized spacial score (nSPS) is 19.6. The van der Waals surface area contributed by atoms with Crippen LogP contribution in [0.1, 0.15) is 30.7 Å². The van der Waals surface area contributed by atoms with Gasteiger partial charge in [0, 0.05) is 33.0 Å². The summed E-state index contributed by atoms with van der Waals surface area (Å²) in [6.45, 7) is 4.73. The molecule has 2 rings (SSSR count). The van der Waals surface area contributed by atoms with Crippen LogP contribution in [-0.4, -0.2) is 36.9 Å². The molecular weight excluding hydrogens is 236 g/mol. The van der Waals surface area contributed by atoms with E-state index in [0.717, 1.165) is 42.5 Å². The third-order valence-corrected chi connectivity index (χ3v) is 4.44. The fourth-order valence-corrected chi connectivity index (χ4v) is 3.05. The third kappa shape index (κ3) is 3.18. The lowest BCUT2D eigenvalue weighted by Crippen LogP contribution is -2.34. The van der Waals surface area contributed by atoms with Crippen molar-refractivity contribution in [1.29, 1.82) is 0 Å². The fraction of sp³-hybridized carbons (Fsp3) is 0.750. The highest BCUT2D eigenvalue weighted by Crippen LogP contribution is 2.30. The van der Waals surface area contributed by atoms with Crippen molar-refractivity contribution in [1.82, 2.24) is 4.98 Å². The molecule has 0 radical (unpaired) electrons. The number of hydrogen-bond acceptors (Lipinski definition) is 5. The highest BCUT2D eigenvalue weighted by molar-refractivity contribution is 7.15. The molecule has 0 bridgehead atoms. The number of methoxy groups -OCH3 is 1. The zero-order chi connectivity index (χ0) is 12.3. The summed E-state index contributed by atoms with van der Waals surface area (Å²) in [4.78, 5) is 7.64. The predicted octanol–water partition coefficient (Wildman–Crippen LogP) is 2.06. The molecule has 1 atom stereocenters. The number of piperidine rings is 1. The summed E-state index contributed by atoms with van der Waals surface area (Å²) in [6, 6.07) is 0. The van der Waals surface area contributed by atoms with Gasteiger partial charge in [0.2, 0.25) is 0 Å². The molecule has 1 saturated heterocycles. The molecule has 1 fully saturated rings. The van der Waals surface area contributed by atoms with E-state index in [9.17, 15) is 5.11 Å². The van der Waals surface area contributed by atoms with Crippen molar-refractivity contribution in [2.24, 2.45) is 5.92 Å². The smallest absolute Gasteiger partial charge is 0.185 e. The van der Waals surface area contributed by atoms with Gasteiger partial charge in [0.15, 0.2) is 5.13 Å². The van der Waals surface area contributed by atoms with Crippen LogP contribution in [0.5, 0.6) is 0 Å². The Bertz CT molecular complexity index is 346. The molecule has 1 aromatic heterocycles. The first-order valence-electron chi connectivity index (χ1n) is 6.08. The summed E-state index contributed by atoms with van der Waals surface area (Å²) in [7, 11) is 1.77. The second kappa shape index (κ2) is 5.80. The van der Waals surface area contributed by atoms with Crippen molar-refractivity contribution < 1.29 is 9.84 Å². The van der Waals surface area contributed by atoms with Gasteiger partial charge >= 0.3 is 0 Å². The number of anilines is 1. The zero-order valence-corrected chi connectivity index (χ0v) is 11.2. The van der Waals surface area contributed by atoms with Crippen LogP contribution in [0, 0.1) is 5.92 Å². The summed E-state index contributed by atoms with van der Waals surface area (Å²) in [6.07, 6.45) is 3.70. The van der Waals surface area contributed by atoms with Gasteiger partial charge < -0.3 is 14.7 Å². The highest BCUT2D eigenvalue weighted by atomic mass is 32.1. The number of aliphatic hydroxyl groups excluding tert-OH is 1. The minimum absolute atomic E-state index is 0.410. The van der Waals surface area contributed by atoms with Gasteiger partial charge in [-0.2, -0.15) is 0 Å². The van der Waals surface area contributed by atoms with E-state index in [-0.39, 0.29) is 0 Å². The van der Waals surface area contributed by atoms with Crippen LogP contribution in [0.25, 0.3) is 0 Å². The van der Waals surface area contributed by atoms with E-state index >= 15 is 0 Å². The number of hydrogen-bond donors (Lipinski definition) is 1. The first-order valence-corrected chi connectivity index (χ1v) is 6.90. The van der Waals surface area contributed by atoms with Gasteiger partial charge in [0.1, 0.15) is 0 Å². The Kier molecular flexibility index (Phi) is 4.36. The first-order chi connectivity index (χ1) is 8.20. The minimum atomic E-state index is -0.410. The van der Waals surface area contributed by atoms with Crippen molar-refractivity contribution in [2.75, 3.05) is 31.7 Å². The van der Waals surface area contributed by atoms with Crippen molar-refractivity contribution in [2.45, 2.75) is 25.9 Å². The molecule has 1 aromatic rings. The topological polar surface area (TPSA) is 45.6 Å². The Hall–Kier alpha value is -0.650. The van der Waals surface area contributed by atoms with Crippen molar-refractivity contribution in [3.63, 3.8) is 0 Å². The van der Waals surface area contributed by atoms with E-state index < -0.39 is 6.10 Å². The first kappa shape index (κ1) is 12.8. The molecule has 96 valence electrons. The maximum Gasteiger partial charge on any atom is 0.185 e. The summed E-state index contributed by atoms with van der Waals surface area (Å²) in [5, 5.41) is 10.5. The fourth-order valence-electron chi connectivity index (χ4n) is 2.14. The summed E-state index contributed by atoms with van der Waals surface area (Å²) in [5.74, 6) is 0.687. The van der Waals surface area contributed by atoms with Gasteiger partial charge in [-0.1, -0.05) is 11.3 Å². The van der Waals surface area contributed by atoms with Crippen LogP contribution < -0.4 is 4.90 Å². The quantitative estimate of drug-likeness (QED) is 0.895. The monoisotopic (exact) mass is 256 g/mol. The lowest BCUT2D eigenvalue weighted by atomic mass is 9.98. The summed E-state index contributed by atoms with van der Waals surface area (Å²) >= 11 is 1.60. The molecule has 0 aliphatic carbocycles. The number of nitrogens with zero attached hydrogens (tertiary/aromatic N) is 2. The zero-order valence-electron chi connectivity index (χ0n) is 10.4. The summed E-state index contributed by atoms with van der Waals surface area (Å²) in [5.41, 5.74) is 0. The highest BCUT2D eigenvalue weighted by Gasteiger charge is 2.21. The van der Waals surface area contributed by atoms with E-state index in [1.165, 1.54) is 0 Å². The van der Waals surface area contributed by atoms with E-state index in [1.54, 1.807) is 31.6 Å². The average molecular weight is 256 g/mol. The number of aliphatic hydroxyl groups is 1. The Morgan fingerprint density at radius 2 is 2.29 bits per heavy atom. The van der Waals surface area contributed by atoms with Crippen LogP contribution in [0.15, 0.2) is 6.20 Å². The van der Waals surface area contributed by atoms with Gasteiger partial charge in [0.25, 0.3) is 0 Å². The van der Waals surface area contributed by atoms with Crippen LogP contribution in [0.4, 0.5) is 5.13 Å². The SMILES string of the molecule is COCC1CCN(c2ncc(C(C)O)s2)CC1. The van der Waals surface area contributed by atoms with Crippen LogP contribution >= 0.6 is 11.3 Å². The number of rotatable bonds is 4. The van der Waals surface area contributed by atoms with Gasteiger partial charge in [-0.25, -0.2) is 4.98 Å². The largest absolute Gasteiger partial charge is 0.388 e. The Morgan fingerprint density at radius 1 is 1.59 bits per heavy atom. The molecule has 1 aliphatic rings. The average Bonchev–Trinajstić information content (AvgIpc) is 2.80. The van der Waals surface area contributed by atoms with Crippen LogP contribution in [0.2, 0.25) is 0 Å². The predicted molar refractivity (Wildman–Crippen MR) is 69.6 cm³/mol. The van der Waals surface area contributed by atoms with E-state index in [1.807, 2.05) is 0 Å². The second-order valence-electron chi connectivity index (χ2n) is 4.61. The molecule has 1 aliphatic heterocycles. The molecule has 4 nitrogen and oxygen atoms in total. The molecule has 5 heteroatoms. The molecule has 1 unspecified atom stereocenters. The van der Waals surface area contributed by atoms with E-state index in [0.29, 0.717) is 5.92 Å². The molecule has 0 amide bonds. The Labute approximate surface area is 106 Å². The standard InChI is InChI=1S/C12H20N2O2S/c1-9(15)11-7-13-12(17-11)14-5-3-10(4-6-14)8-16-2/h7,9-10,15H,3-6,8H2,1-2H3. The molecule has 0 spiro atoms. The second-order valence-corrected chi connectivity index (χ2v) is 5.65. The van der Waals surface area contributed by atoms with Crippen LogP contribution in [-0.2, 0) is 4.74 Å². The van der Waals surface area contributed by atoms with Gasteiger partial charge in [-0.05, 0) is 25.7 Å². The van der Waals surface area contributed by atoms with Crippen LogP contribution in [0.3, 0.4) is 0 Å². The van der Waals surface area contributed by atoms with Crippen molar-refractivity contribution in [3.05, 3.63) is 11.1 Å². The van der Waals surface area contributed by atoms with Gasteiger partial charge in [0.05, 0.1) is 11.0 Å². The summed E-state index contributed by atoms with van der Waals surface area (Å²) < 4.78 is 5.19. The van der Waals surface area contributed by atoms with E-state index in [4.69, 9.17) is 4.74 Å². The molecule has 2 heterocycles. The van der Waals surface area contributed by atoms with Gasteiger partial charge in [-0.15, -0.1) is 0 Å². The minimum Gasteiger partial charge on any atom is -0.388 e. The molecule has 0 saturated carbocycles. The molecular formula is C12H20N2O2S. The Balaban J connectivity index is 1.91. The maximum atomic E-state index is 9.48. The number of thiazole rings is 1.